The third kappa shape index (κ3) is 3.03. The first-order valence-corrected chi connectivity index (χ1v) is 5.31. The summed E-state index contributed by atoms with van der Waals surface area (Å²) in [7, 11) is 0. The van der Waals surface area contributed by atoms with Gasteiger partial charge in [0.1, 0.15) is 0 Å². The second kappa shape index (κ2) is 5.47. The minimum Gasteiger partial charge on any atom is -0.267 e. The summed E-state index contributed by atoms with van der Waals surface area (Å²) in [4.78, 5) is 26.7. The van der Waals surface area contributed by atoms with Crippen molar-refractivity contribution in [2.24, 2.45) is 5.84 Å². The Balaban J connectivity index is 2.73. The summed E-state index contributed by atoms with van der Waals surface area (Å²) in [5, 5.41) is 0.156. The van der Waals surface area contributed by atoms with Crippen LogP contribution in [0.15, 0.2) is 24.5 Å². The van der Waals surface area contributed by atoms with Crippen LogP contribution in [0.5, 0.6) is 0 Å². The molecule has 0 saturated carbocycles. The molecule has 0 radical (unpaired) electrons. The maximum Gasteiger partial charge on any atom is 0.302 e. The van der Waals surface area contributed by atoms with Gasteiger partial charge < -0.3 is 0 Å². The Morgan fingerprint density at radius 3 is 2.60 bits per heavy atom. The number of carbonyl (C=O) groups excluding carboxylic acids is 2. The van der Waals surface area contributed by atoms with Gasteiger partial charge in [0, 0.05) is 18.0 Å². The highest BCUT2D eigenvalue weighted by Gasteiger charge is 2.18. The first-order valence-electron chi connectivity index (χ1n) is 4.32. The van der Waals surface area contributed by atoms with E-state index in [-0.39, 0.29) is 0 Å². The molecule has 1 heterocycles. The summed E-state index contributed by atoms with van der Waals surface area (Å²) >= 11 is 0.988. The monoisotopic (exact) mass is 225 g/mol. The van der Waals surface area contributed by atoms with Crippen LogP contribution < -0.4 is 5.84 Å². The average Bonchev–Trinajstić information content (AvgIpc) is 2.28. The molecule has 0 unspecified atom stereocenters. The fourth-order valence-corrected chi connectivity index (χ4v) is 1.38. The SMILES string of the molecule is CCSC(=O)N(N)C(=O)c1ccncc1. The van der Waals surface area contributed by atoms with Crippen molar-refractivity contribution >= 4 is 22.9 Å². The van der Waals surface area contributed by atoms with Gasteiger partial charge in [0.2, 0.25) is 0 Å². The van der Waals surface area contributed by atoms with Crippen LogP contribution in [0.1, 0.15) is 17.3 Å². The number of thioether (sulfide) groups is 1. The summed E-state index contributed by atoms with van der Waals surface area (Å²) < 4.78 is 0. The second-order valence-corrected chi connectivity index (χ2v) is 3.83. The molecule has 0 bridgehead atoms. The lowest BCUT2D eigenvalue weighted by Gasteiger charge is -2.13. The molecule has 2 N–H and O–H groups in total. The topological polar surface area (TPSA) is 76.3 Å². The highest BCUT2D eigenvalue weighted by atomic mass is 32.2. The van der Waals surface area contributed by atoms with Crippen molar-refractivity contribution in [3.8, 4) is 0 Å². The van der Waals surface area contributed by atoms with E-state index in [0.29, 0.717) is 16.3 Å². The molecule has 0 aliphatic carbocycles. The third-order valence-corrected chi connectivity index (χ3v) is 2.34. The van der Waals surface area contributed by atoms with Crippen molar-refractivity contribution in [1.29, 1.82) is 0 Å². The maximum atomic E-state index is 11.6. The third-order valence-electron chi connectivity index (χ3n) is 1.61. The van der Waals surface area contributed by atoms with E-state index in [4.69, 9.17) is 5.84 Å². The number of hydrogen-bond acceptors (Lipinski definition) is 5. The predicted octanol–water partition coefficient (Wildman–Crippen LogP) is 1.27. The molecule has 0 aliphatic heterocycles. The lowest BCUT2D eigenvalue weighted by Crippen LogP contribution is -2.40. The normalized spacial score (nSPS) is 9.73. The van der Waals surface area contributed by atoms with Crippen LogP contribution in [0.25, 0.3) is 0 Å². The van der Waals surface area contributed by atoms with Gasteiger partial charge in [-0.3, -0.25) is 14.6 Å². The van der Waals surface area contributed by atoms with Crippen molar-refractivity contribution in [3.05, 3.63) is 30.1 Å². The summed E-state index contributed by atoms with van der Waals surface area (Å²) in [6, 6.07) is 3.01. The maximum absolute atomic E-state index is 11.6. The highest BCUT2D eigenvalue weighted by Crippen LogP contribution is 2.08. The molecule has 80 valence electrons. The largest absolute Gasteiger partial charge is 0.302 e. The average molecular weight is 225 g/mol. The van der Waals surface area contributed by atoms with Gasteiger partial charge in [-0.05, 0) is 17.9 Å². The number of amides is 2. The smallest absolute Gasteiger partial charge is 0.267 e. The van der Waals surface area contributed by atoms with Crippen LogP contribution in [0.3, 0.4) is 0 Å². The first-order chi connectivity index (χ1) is 7.16. The zero-order valence-corrected chi connectivity index (χ0v) is 9.03. The molecule has 2 amide bonds. The van der Waals surface area contributed by atoms with Gasteiger partial charge in [-0.15, -0.1) is 0 Å². The van der Waals surface area contributed by atoms with Gasteiger partial charge in [-0.2, -0.15) is 0 Å². The van der Waals surface area contributed by atoms with Crippen LogP contribution in [-0.4, -0.2) is 26.9 Å². The molecule has 15 heavy (non-hydrogen) atoms. The summed E-state index contributed by atoms with van der Waals surface area (Å²) in [6.45, 7) is 1.81. The van der Waals surface area contributed by atoms with Crippen molar-refractivity contribution in [2.45, 2.75) is 6.92 Å². The van der Waals surface area contributed by atoms with Crippen LogP contribution in [0, 0.1) is 0 Å². The van der Waals surface area contributed by atoms with Gasteiger partial charge in [0.05, 0.1) is 0 Å². The minimum atomic E-state index is -0.525. The Morgan fingerprint density at radius 1 is 1.47 bits per heavy atom. The molecule has 0 aliphatic rings. The van der Waals surface area contributed by atoms with Crippen LogP contribution in [0.4, 0.5) is 4.79 Å². The molecule has 5 nitrogen and oxygen atoms in total. The minimum absolute atomic E-state index is 0.345. The lowest BCUT2D eigenvalue weighted by atomic mass is 10.2. The molecule has 0 aromatic carbocycles. The Morgan fingerprint density at radius 2 is 2.07 bits per heavy atom. The number of aromatic nitrogens is 1. The van der Waals surface area contributed by atoms with Gasteiger partial charge in [0.15, 0.2) is 0 Å². The quantitative estimate of drug-likeness (QED) is 0.466. The first kappa shape index (κ1) is 11.7. The summed E-state index contributed by atoms with van der Waals surface area (Å²) in [6.07, 6.45) is 2.94. The molecule has 1 aromatic rings. The molecular formula is C9H11N3O2S. The number of pyridine rings is 1. The van der Waals surface area contributed by atoms with Crippen molar-refractivity contribution in [3.63, 3.8) is 0 Å². The number of hydrogen-bond donors (Lipinski definition) is 1. The van der Waals surface area contributed by atoms with Crippen molar-refractivity contribution in [1.82, 2.24) is 9.99 Å². The highest BCUT2D eigenvalue weighted by molar-refractivity contribution is 8.13. The van der Waals surface area contributed by atoms with Crippen LogP contribution in [-0.2, 0) is 0 Å². The summed E-state index contributed by atoms with van der Waals surface area (Å²) in [5.41, 5.74) is 0.345. The molecule has 0 saturated heterocycles. The lowest BCUT2D eigenvalue weighted by molar-refractivity contribution is 0.0820. The van der Waals surface area contributed by atoms with E-state index < -0.39 is 11.1 Å². The van der Waals surface area contributed by atoms with E-state index in [0.717, 1.165) is 11.8 Å². The standard InChI is InChI=1S/C9H11N3O2S/c1-2-15-9(14)12(10)8(13)7-3-5-11-6-4-7/h3-6H,2,10H2,1H3. The fourth-order valence-electron chi connectivity index (χ4n) is 0.910. The fraction of sp³-hybridized carbons (Fsp3) is 0.222. The Hall–Kier alpha value is -1.40. The van der Waals surface area contributed by atoms with E-state index in [1.54, 1.807) is 0 Å². The summed E-state index contributed by atoms with van der Waals surface area (Å²) in [5.74, 6) is 5.43. The number of nitrogens with zero attached hydrogens (tertiary/aromatic N) is 2. The van der Waals surface area contributed by atoms with Crippen LogP contribution in [0.2, 0.25) is 0 Å². The molecule has 0 atom stereocenters. The Kier molecular flexibility index (Phi) is 4.26. The Labute approximate surface area is 91.6 Å². The number of hydrazine groups is 1. The molecule has 0 spiro atoms. The number of rotatable bonds is 2. The number of imide groups is 1. The zero-order valence-electron chi connectivity index (χ0n) is 8.21. The zero-order chi connectivity index (χ0) is 11.3. The Bertz CT molecular complexity index is 356. The van der Waals surface area contributed by atoms with E-state index >= 15 is 0 Å². The second-order valence-electron chi connectivity index (χ2n) is 2.61. The number of carbonyl (C=O) groups is 2. The number of nitrogens with two attached hydrogens (primary N) is 1. The van der Waals surface area contributed by atoms with Crippen molar-refractivity contribution < 1.29 is 9.59 Å². The van der Waals surface area contributed by atoms with Gasteiger partial charge in [-0.25, -0.2) is 10.9 Å². The van der Waals surface area contributed by atoms with E-state index in [1.807, 2.05) is 6.92 Å². The predicted molar refractivity (Wildman–Crippen MR) is 58.1 cm³/mol. The molecule has 6 heteroatoms. The van der Waals surface area contributed by atoms with Crippen molar-refractivity contribution in [2.75, 3.05) is 5.75 Å². The van der Waals surface area contributed by atoms with Crippen LogP contribution >= 0.6 is 11.8 Å². The van der Waals surface area contributed by atoms with E-state index in [9.17, 15) is 9.59 Å². The van der Waals surface area contributed by atoms with E-state index in [2.05, 4.69) is 4.98 Å². The molecule has 1 rings (SSSR count). The molecule has 0 fully saturated rings. The van der Waals surface area contributed by atoms with Gasteiger partial charge >= 0.3 is 5.24 Å². The van der Waals surface area contributed by atoms with E-state index in [1.165, 1.54) is 24.5 Å². The van der Waals surface area contributed by atoms with Gasteiger partial charge in [0.25, 0.3) is 5.91 Å². The van der Waals surface area contributed by atoms with Gasteiger partial charge in [-0.1, -0.05) is 18.7 Å². The molecule has 1 aromatic heterocycles. The molecular weight excluding hydrogens is 214 g/mol.